The van der Waals surface area contributed by atoms with E-state index < -0.39 is 0 Å². The molecule has 0 bridgehead atoms. The van der Waals surface area contributed by atoms with Crippen LogP contribution in [0.5, 0.6) is 11.5 Å². The van der Waals surface area contributed by atoms with Crippen LogP contribution in [0.25, 0.3) is 0 Å². The smallest absolute Gasteiger partial charge is 0.243 e. The Kier molecular flexibility index (Phi) is 6.63. The first kappa shape index (κ1) is 19.9. The van der Waals surface area contributed by atoms with Crippen LogP contribution in [0.15, 0.2) is 48.5 Å². The lowest BCUT2D eigenvalue weighted by molar-refractivity contribution is -0.142. The summed E-state index contributed by atoms with van der Waals surface area (Å²) in [5.41, 5.74) is 0.934. The van der Waals surface area contributed by atoms with Crippen molar-refractivity contribution in [2.75, 3.05) is 6.54 Å². The highest BCUT2D eigenvalue weighted by molar-refractivity contribution is 5.87. The largest absolute Gasteiger partial charge is 0.457 e. The first-order chi connectivity index (χ1) is 13.6. The number of ether oxygens (including phenoxy) is 1. The third kappa shape index (κ3) is 5.09. The van der Waals surface area contributed by atoms with Gasteiger partial charge in [0.05, 0.1) is 0 Å². The summed E-state index contributed by atoms with van der Waals surface area (Å²) in [6, 6.07) is 12.8. The Labute approximate surface area is 164 Å². The van der Waals surface area contributed by atoms with Gasteiger partial charge in [0.1, 0.15) is 23.4 Å². The zero-order valence-corrected chi connectivity index (χ0v) is 16.0. The van der Waals surface area contributed by atoms with Crippen molar-refractivity contribution in [2.45, 2.75) is 45.2 Å². The van der Waals surface area contributed by atoms with E-state index in [1.807, 2.05) is 19.1 Å². The van der Waals surface area contributed by atoms with Crippen LogP contribution in [-0.2, 0) is 16.1 Å². The van der Waals surface area contributed by atoms with Crippen molar-refractivity contribution in [1.82, 2.24) is 10.2 Å². The number of likely N-dealkylation sites (tertiary alicyclic amines) is 1. The maximum Gasteiger partial charge on any atom is 0.243 e. The zero-order chi connectivity index (χ0) is 19.9. The van der Waals surface area contributed by atoms with E-state index >= 15 is 0 Å². The van der Waals surface area contributed by atoms with Gasteiger partial charge in [0, 0.05) is 19.5 Å². The van der Waals surface area contributed by atoms with Crippen LogP contribution in [0.4, 0.5) is 4.39 Å². The highest BCUT2D eigenvalue weighted by atomic mass is 19.1. The molecule has 28 heavy (non-hydrogen) atoms. The van der Waals surface area contributed by atoms with E-state index in [4.69, 9.17) is 4.74 Å². The number of nitrogens with one attached hydrogen (secondary N) is 1. The summed E-state index contributed by atoms with van der Waals surface area (Å²) in [5.74, 6) is 0.806. The molecule has 1 saturated heterocycles. The molecule has 6 heteroatoms. The fraction of sp³-hybridized carbons (Fsp3) is 0.364. The van der Waals surface area contributed by atoms with Gasteiger partial charge in [0.15, 0.2) is 0 Å². The predicted octanol–water partition coefficient (Wildman–Crippen LogP) is 4.03. The van der Waals surface area contributed by atoms with Gasteiger partial charge in [0.2, 0.25) is 11.8 Å². The van der Waals surface area contributed by atoms with E-state index in [9.17, 15) is 14.0 Å². The van der Waals surface area contributed by atoms with Crippen LogP contribution in [0.3, 0.4) is 0 Å². The van der Waals surface area contributed by atoms with Crippen LogP contribution < -0.4 is 10.1 Å². The number of nitrogens with zero attached hydrogens (tertiary/aromatic N) is 1. The molecule has 1 atom stereocenters. The maximum absolute atomic E-state index is 12.9. The minimum atomic E-state index is -0.373. The zero-order valence-electron chi connectivity index (χ0n) is 16.0. The minimum absolute atomic E-state index is 0.0298. The van der Waals surface area contributed by atoms with Gasteiger partial charge in [-0.05, 0) is 61.2 Å². The minimum Gasteiger partial charge on any atom is -0.457 e. The monoisotopic (exact) mass is 384 g/mol. The first-order valence-electron chi connectivity index (χ1n) is 9.66. The number of carbonyl (C=O) groups excluding carboxylic acids is 2. The molecular weight excluding hydrogens is 359 g/mol. The normalized spacial score (nSPS) is 16.5. The van der Waals surface area contributed by atoms with Crippen molar-refractivity contribution >= 4 is 11.8 Å². The topological polar surface area (TPSA) is 58.6 Å². The molecule has 2 aromatic carbocycles. The van der Waals surface area contributed by atoms with Crippen molar-refractivity contribution in [2.24, 2.45) is 0 Å². The molecule has 2 amide bonds. The number of halogens is 1. The van der Waals surface area contributed by atoms with Gasteiger partial charge in [-0.15, -0.1) is 0 Å². The number of benzene rings is 2. The predicted molar refractivity (Wildman–Crippen MR) is 104 cm³/mol. The molecule has 1 aliphatic rings. The van der Waals surface area contributed by atoms with E-state index in [2.05, 4.69) is 5.32 Å². The number of piperidine rings is 1. The van der Waals surface area contributed by atoms with Crippen molar-refractivity contribution in [1.29, 1.82) is 0 Å². The van der Waals surface area contributed by atoms with Crippen LogP contribution in [0, 0.1) is 5.82 Å². The Bertz CT molecular complexity index is 806. The summed E-state index contributed by atoms with van der Waals surface area (Å²) in [4.78, 5) is 26.4. The molecule has 5 nitrogen and oxygen atoms in total. The van der Waals surface area contributed by atoms with Crippen LogP contribution in [0.1, 0.15) is 38.2 Å². The lowest BCUT2D eigenvalue weighted by atomic mass is 10.0. The quantitative estimate of drug-likeness (QED) is 0.818. The van der Waals surface area contributed by atoms with E-state index in [0.717, 1.165) is 18.4 Å². The summed E-state index contributed by atoms with van der Waals surface area (Å²) >= 11 is 0. The van der Waals surface area contributed by atoms with Gasteiger partial charge in [0.25, 0.3) is 0 Å². The second kappa shape index (κ2) is 9.35. The standard InChI is InChI=1S/C22H25FN2O3/c1-2-21(26)25-14-4-3-5-20(25)22(27)24-15-16-6-10-18(11-7-16)28-19-12-8-17(23)9-13-19/h6-13,20H,2-5,14-15H2,1H3,(H,24,27). The Hall–Kier alpha value is -2.89. The molecule has 0 spiro atoms. The average Bonchev–Trinajstić information content (AvgIpc) is 2.74. The second-order valence-corrected chi connectivity index (χ2v) is 6.87. The van der Waals surface area contributed by atoms with Crippen molar-refractivity contribution in [3.05, 3.63) is 59.9 Å². The highest BCUT2D eigenvalue weighted by Gasteiger charge is 2.30. The van der Waals surface area contributed by atoms with Gasteiger partial charge >= 0.3 is 0 Å². The van der Waals surface area contributed by atoms with Crippen LogP contribution >= 0.6 is 0 Å². The van der Waals surface area contributed by atoms with Crippen molar-refractivity contribution < 1.29 is 18.7 Å². The van der Waals surface area contributed by atoms with Gasteiger partial charge in [-0.25, -0.2) is 4.39 Å². The van der Waals surface area contributed by atoms with E-state index in [1.165, 1.54) is 12.1 Å². The number of hydrogen-bond donors (Lipinski definition) is 1. The fourth-order valence-electron chi connectivity index (χ4n) is 3.33. The molecule has 1 heterocycles. The van der Waals surface area contributed by atoms with Gasteiger partial charge in [-0.2, -0.15) is 0 Å². The molecule has 0 aliphatic carbocycles. The van der Waals surface area contributed by atoms with Crippen molar-refractivity contribution in [3.63, 3.8) is 0 Å². The molecule has 0 radical (unpaired) electrons. The van der Waals surface area contributed by atoms with Gasteiger partial charge in [-0.1, -0.05) is 19.1 Å². The summed E-state index contributed by atoms with van der Waals surface area (Å²) in [7, 11) is 0. The fourth-order valence-corrected chi connectivity index (χ4v) is 3.33. The third-order valence-corrected chi connectivity index (χ3v) is 4.87. The molecule has 148 valence electrons. The molecule has 1 N–H and O–H groups in total. The van der Waals surface area contributed by atoms with E-state index in [-0.39, 0.29) is 23.7 Å². The SMILES string of the molecule is CCC(=O)N1CCCCC1C(=O)NCc1ccc(Oc2ccc(F)cc2)cc1. The average molecular weight is 384 g/mol. The summed E-state index contributed by atoms with van der Waals surface area (Å²) < 4.78 is 18.6. The molecule has 1 fully saturated rings. The highest BCUT2D eigenvalue weighted by Crippen LogP contribution is 2.22. The number of carbonyl (C=O) groups is 2. The summed E-state index contributed by atoms with van der Waals surface area (Å²) in [6.07, 6.45) is 3.04. The third-order valence-electron chi connectivity index (χ3n) is 4.87. The molecule has 2 aromatic rings. The lowest BCUT2D eigenvalue weighted by Crippen LogP contribution is -2.51. The summed E-state index contributed by atoms with van der Waals surface area (Å²) in [5, 5.41) is 2.94. The Balaban J connectivity index is 1.54. The maximum atomic E-state index is 12.9. The molecule has 1 unspecified atom stereocenters. The van der Waals surface area contributed by atoms with E-state index in [0.29, 0.717) is 37.4 Å². The molecule has 0 aromatic heterocycles. The number of rotatable bonds is 6. The summed E-state index contributed by atoms with van der Waals surface area (Å²) in [6.45, 7) is 2.86. The lowest BCUT2D eigenvalue weighted by Gasteiger charge is -2.34. The Morgan fingerprint density at radius 3 is 2.36 bits per heavy atom. The second-order valence-electron chi connectivity index (χ2n) is 6.87. The van der Waals surface area contributed by atoms with Gasteiger partial charge in [-0.3, -0.25) is 9.59 Å². The van der Waals surface area contributed by atoms with Crippen LogP contribution in [0.2, 0.25) is 0 Å². The molecule has 1 aliphatic heterocycles. The van der Waals surface area contributed by atoms with Gasteiger partial charge < -0.3 is 15.0 Å². The number of amides is 2. The molecule has 0 saturated carbocycles. The molecular formula is C22H25FN2O3. The molecule has 3 rings (SSSR count). The number of hydrogen-bond acceptors (Lipinski definition) is 3. The van der Waals surface area contributed by atoms with E-state index in [1.54, 1.807) is 29.2 Å². The van der Waals surface area contributed by atoms with Crippen molar-refractivity contribution in [3.8, 4) is 11.5 Å². The Morgan fingerprint density at radius 1 is 1.07 bits per heavy atom. The van der Waals surface area contributed by atoms with Crippen LogP contribution in [-0.4, -0.2) is 29.3 Å². The first-order valence-corrected chi connectivity index (χ1v) is 9.66. The Morgan fingerprint density at radius 2 is 1.71 bits per heavy atom.